The van der Waals surface area contributed by atoms with E-state index in [1.54, 1.807) is 0 Å². The summed E-state index contributed by atoms with van der Waals surface area (Å²) in [4.78, 5) is 22.4. The van der Waals surface area contributed by atoms with Gasteiger partial charge in [-0.1, -0.05) is 6.92 Å². The minimum Gasteiger partial charge on any atom is -0.348 e. The van der Waals surface area contributed by atoms with Gasteiger partial charge in [0.2, 0.25) is 0 Å². The molecule has 0 bridgehead atoms. The molecule has 0 radical (unpaired) electrons. The molecule has 0 aromatic heterocycles. The fourth-order valence-corrected chi connectivity index (χ4v) is 1.09. The molecule has 0 heterocycles. The molecular formula is C11H12F2N2O2. The Bertz CT molecular complexity index is 435. The summed E-state index contributed by atoms with van der Waals surface area (Å²) in [6.07, 6.45) is 0.674. The lowest BCUT2D eigenvalue weighted by molar-refractivity contribution is -0.136. The molecular weight excluding hydrogens is 230 g/mol. The molecule has 0 aliphatic rings. The summed E-state index contributed by atoms with van der Waals surface area (Å²) < 4.78 is 25.9. The number of amides is 2. The molecule has 1 aromatic carbocycles. The normalized spacial score (nSPS) is 9.82. The van der Waals surface area contributed by atoms with Crippen molar-refractivity contribution in [2.75, 3.05) is 11.9 Å². The van der Waals surface area contributed by atoms with Gasteiger partial charge in [0.15, 0.2) is 0 Å². The van der Waals surface area contributed by atoms with Gasteiger partial charge >= 0.3 is 11.8 Å². The van der Waals surface area contributed by atoms with Gasteiger partial charge in [0.25, 0.3) is 0 Å². The van der Waals surface area contributed by atoms with Gasteiger partial charge in [0.05, 0.1) is 5.69 Å². The van der Waals surface area contributed by atoms with Crippen LogP contribution in [0.25, 0.3) is 0 Å². The molecule has 2 amide bonds. The molecule has 1 rings (SSSR count). The van der Waals surface area contributed by atoms with Crippen molar-refractivity contribution in [3.63, 3.8) is 0 Å². The summed E-state index contributed by atoms with van der Waals surface area (Å²) in [5.41, 5.74) is -0.360. The van der Waals surface area contributed by atoms with Crippen LogP contribution in [0.2, 0.25) is 0 Å². The van der Waals surface area contributed by atoms with Crippen molar-refractivity contribution in [1.82, 2.24) is 5.32 Å². The summed E-state index contributed by atoms with van der Waals surface area (Å²) in [7, 11) is 0. The summed E-state index contributed by atoms with van der Waals surface area (Å²) in [6.45, 7) is 2.17. The van der Waals surface area contributed by atoms with E-state index in [2.05, 4.69) is 5.32 Å². The van der Waals surface area contributed by atoms with E-state index < -0.39 is 23.4 Å². The van der Waals surface area contributed by atoms with Crippen LogP contribution in [0.5, 0.6) is 0 Å². The minimum atomic E-state index is -1.03. The third-order valence-corrected chi connectivity index (χ3v) is 1.92. The largest absolute Gasteiger partial charge is 0.348 e. The molecule has 0 saturated carbocycles. The quantitative estimate of drug-likeness (QED) is 0.788. The first kappa shape index (κ1) is 13.1. The van der Waals surface area contributed by atoms with Crippen LogP contribution in [0.1, 0.15) is 13.3 Å². The molecule has 2 N–H and O–H groups in total. The third kappa shape index (κ3) is 3.82. The predicted octanol–water partition coefficient (Wildman–Crippen LogP) is 1.43. The van der Waals surface area contributed by atoms with Crippen molar-refractivity contribution in [3.8, 4) is 0 Å². The zero-order valence-electron chi connectivity index (χ0n) is 9.22. The molecule has 17 heavy (non-hydrogen) atoms. The summed E-state index contributed by atoms with van der Waals surface area (Å²) in [5, 5.41) is 4.31. The Morgan fingerprint density at radius 2 is 1.94 bits per heavy atom. The molecule has 0 unspecified atom stereocenters. The van der Waals surface area contributed by atoms with Crippen LogP contribution in [0.15, 0.2) is 18.2 Å². The van der Waals surface area contributed by atoms with Crippen molar-refractivity contribution in [2.24, 2.45) is 0 Å². The van der Waals surface area contributed by atoms with Gasteiger partial charge in [-0.25, -0.2) is 8.78 Å². The Kier molecular flexibility index (Phi) is 4.56. The highest BCUT2D eigenvalue weighted by atomic mass is 19.1. The van der Waals surface area contributed by atoms with E-state index in [9.17, 15) is 18.4 Å². The molecule has 0 atom stereocenters. The van der Waals surface area contributed by atoms with Crippen LogP contribution in [-0.4, -0.2) is 18.4 Å². The molecule has 0 spiro atoms. The maximum atomic E-state index is 13.1. The number of anilines is 1. The average molecular weight is 242 g/mol. The molecule has 6 heteroatoms. The van der Waals surface area contributed by atoms with E-state index in [1.165, 1.54) is 0 Å². The fraction of sp³-hybridized carbons (Fsp3) is 0.273. The van der Waals surface area contributed by atoms with Crippen LogP contribution in [0, 0.1) is 11.6 Å². The maximum absolute atomic E-state index is 13.1. The third-order valence-electron chi connectivity index (χ3n) is 1.92. The molecule has 0 fully saturated rings. The van der Waals surface area contributed by atoms with E-state index in [-0.39, 0.29) is 5.69 Å². The van der Waals surface area contributed by atoms with Crippen molar-refractivity contribution in [1.29, 1.82) is 0 Å². The van der Waals surface area contributed by atoms with E-state index in [1.807, 2.05) is 12.2 Å². The molecule has 0 saturated heterocycles. The number of halogens is 2. The minimum absolute atomic E-state index is 0.345. The second kappa shape index (κ2) is 5.93. The first-order chi connectivity index (χ1) is 8.04. The monoisotopic (exact) mass is 242 g/mol. The number of nitrogens with one attached hydrogen (secondary N) is 2. The highest BCUT2D eigenvalue weighted by Crippen LogP contribution is 2.14. The van der Waals surface area contributed by atoms with E-state index >= 15 is 0 Å². The average Bonchev–Trinajstić information content (AvgIpc) is 2.30. The summed E-state index contributed by atoms with van der Waals surface area (Å²) in [5.74, 6) is -3.41. The second-order valence-electron chi connectivity index (χ2n) is 3.33. The number of hydrogen-bond acceptors (Lipinski definition) is 2. The van der Waals surface area contributed by atoms with Gasteiger partial charge in [0.1, 0.15) is 11.6 Å². The lowest BCUT2D eigenvalue weighted by Crippen LogP contribution is -2.35. The van der Waals surface area contributed by atoms with Gasteiger partial charge in [-0.3, -0.25) is 9.59 Å². The van der Waals surface area contributed by atoms with Gasteiger partial charge < -0.3 is 10.6 Å². The zero-order chi connectivity index (χ0) is 12.8. The van der Waals surface area contributed by atoms with E-state index in [0.717, 1.165) is 18.2 Å². The summed E-state index contributed by atoms with van der Waals surface area (Å²) in [6, 6.07) is 2.59. The zero-order valence-corrected chi connectivity index (χ0v) is 9.22. The van der Waals surface area contributed by atoms with Crippen LogP contribution < -0.4 is 10.6 Å². The van der Waals surface area contributed by atoms with Crippen LogP contribution >= 0.6 is 0 Å². The Balaban J connectivity index is 2.67. The van der Waals surface area contributed by atoms with Crippen molar-refractivity contribution in [3.05, 3.63) is 29.8 Å². The van der Waals surface area contributed by atoms with Gasteiger partial charge in [0, 0.05) is 12.6 Å². The van der Waals surface area contributed by atoms with Crippen LogP contribution in [-0.2, 0) is 9.59 Å². The standard InChI is InChI=1S/C11H12F2N2O2/c1-2-5-14-10(16)11(17)15-9-6-7(12)3-4-8(9)13/h3-4,6H,2,5H2,1H3,(H,14,16)(H,15,17). The first-order valence-electron chi connectivity index (χ1n) is 5.08. The molecule has 0 aliphatic carbocycles. The van der Waals surface area contributed by atoms with Gasteiger partial charge in [-0.15, -0.1) is 0 Å². The lowest BCUT2D eigenvalue weighted by Gasteiger charge is -2.06. The predicted molar refractivity (Wildman–Crippen MR) is 58.3 cm³/mol. The maximum Gasteiger partial charge on any atom is 0.313 e. The Hall–Kier alpha value is -1.98. The first-order valence-corrected chi connectivity index (χ1v) is 5.08. The molecule has 0 aliphatic heterocycles. The number of carbonyl (C=O) groups excluding carboxylic acids is 2. The molecule has 92 valence electrons. The number of hydrogen-bond donors (Lipinski definition) is 2. The molecule has 1 aromatic rings. The Morgan fingerprint density at radius 3 is 2.59 bits per heavy atom. The van der Waals surface area contributed by atoms with Crippen molar-refractivity contribution < 1.29 is 18.4 Å². The number of rotatable bonds is 3. The van der Waals surface area contributed by atoms with E-state index in [4.69, 9.17) is 0 Å². The van der Waals surface area contributed by atoms with Crippen molar-refractivity contribution in [2.45, 2.75) is 13.3 Å². The van der Waals surface area contributed by atoms with Gasteiger partial charge in [-0.05, 0) is 18.6 Å². The van der Waals surface area contributed by atoms with Crippen molar-refractivity contribution >= 4 is 17.5 Å². The smallest absolute Gasteiger partial charge is 0.313 e. The fourth-order valence-electron chi connectivity index (χ4n) is 1.09. The Labute approximate surface area is 97.0 Å². The highest BCUT2D eigenvalue weighted by Gasteiger charge is 2.15. The number of carbonyl (C=O) groups is 2. The topological polar surface area (TPSA) is 58.2 Å². The Morgan fingerprint density at radius 1 is 1.24 bits per heavy atom. The summed E-state index contributed by atoms with van der Waals surface area (Å²) >= 11 is 0. The van der Waals surface area contributed by atoms with Crippen LogP contribution in [0.4, 0.5) is 14.5 Å². The SMILES string of the molecule is CCCNC(=O)C(=O)Nc1cc(F)ccc1F. The van der Waals surface area contributed by atoms with E-state index in [0.29, 0.717) is 13.0 Å². The second-order valence-corrected chi connectivity index (χ2v) is 3.33. The lowest BCUT2D eigenvalue weighted by atomic mass is 10.3. The molecule has 4 nitrogen and oxygen atoms in total. The van der Waals surface area contributed by atoms with Gasteiger partial charge in [-0.2, -0.15) is 0 Å². The highest BCUT2D eigenvalue weighted by molar-refractivity contribution is 6.39. The van der Waals surface area contributed by atoms with Crippen LogP contribution in [0.3, 0.4) is 0 Å². The number of benzene rings is 1.